The maximum atomic E-state index is 11.6. The molecule has 0 unspecified atom stereocenters. The number of nitrogens with one attached hydrogen (secondary N) is 1. The quantitative estimate of drug-likeness (QED) is 0.776. The Morgan fingerprint density at radius 3 is 2.58 bits per heavy atom. The second-order valence-electron chi connectivity index (χ2n) is 4.78. The van der Waals surface area contributed by atoms with Gasteiger partial charge in [0.1, 0.15) is 10.7 Å². The Morgan fingerprint density at radius 2 is 2.05 bits per heavy atom. The molecule has 0 bridgehead atoms. The zero-order valence-corrected chi connectivity index (χ0v) is 11.5. The predicted octanol–water partition coefficient (Wildman–Crippen LogP) is 1.62. The van der Waals surface area contributed by atoms with Crippen LogP contribution in [0.15, 0.2) is 24.3 Å². The Bertz CT molecular complexity index is 455. The van der Waals surface area contributed by atoms with E-state index in [2.05, 4.69) is 5.32 Å². The molecule has 3 N–H and O–H groups in total. The largest absolute Gasteiger partial charge is 0.484 e. The minimum atomic E-state index is -0.0784. The first-order valence-electron chi connectivity index (χ1n) is 6.44. The van der Waals surface area contributed by atoms with Crippen LogP contribution < -0.4 is 15.8 Å². The van der Waals surface area contributed by atoms with Crippen LogP contribution in [-0.4, -0.2) is 24.0 Å². The molecule has 1 aromatic rings. The van der Waals surface area contributed by atoms with Crippen LogP contribution in [0.4, 0.5) is 0 Å². The zero-order valence-electron chi connectivity index (χ0n) is 10.7. The summed E-state index contributed by atoms with van der Waals surface area (Å²) in [6.07, 6.45) is 3.73. The van der Waals surface area contributed by atoms with E-state index in [-0.39, 0.29) is 12.5 Å². The standard InChI is InChI=1S/C14H18N2O2S/c15-14(19)11-4-6-12(7-5-11)18-9-13(17)16-8-10-2-1-3-10/h4-7,10H,1-3,8-9H2,(H2,15,19)(H,16,17). The van der Waals surface area contributed by atoms with Crippen LogP contribution in [-0.2, 0) is 4.79 Å². The van der Waals surface area contributed by atoms with Crippen molar-refractivity contribution in [3.8, 4) is 5.75 Å². The highest BCUT2D eigenvalue weighted by Gasteiger charge is 2.17. The maximum absolute atomic E-state index is 11.6. The lowest BCUT2D eigenvalue weighted by atomic mass is 9.85. The van der Waals surface area contributed by atoms with E-state index >= 15 is 0 Å². The zero-order chi connectivity index (χ0) is 13.7. The van der Waals surface area contributed by atoms with Gasteiger partial charge in [-0.25, -0.2) is 0 Å². The Hall–Kier alpha value is -1.62. The number of hydrogen-bond acceptors (Lipinski definition) is 3. The third-order valence-electron chi connectivity index (χ3n) is 3.32. The van der Waals surface area contributed by atoms with Crippen LogP contribution >= 0.6 is 12.2 Å². The fourth-order valence-corrected chi connectivity index (χ4v) is 2.01. The summed E-state index contributed by atoms with van der Waals surface area (Å²) in [7, 11) is 0. The van der Waals surface area contributed by atoms with Gasteiger partial charge in [0.2, 0.25) is 0 Å². The number of thiocarbonyl (C=S) groups is 1. The number of carbonyl (C=O) groups is 1. The lowest BCUT2D eigenvalue weighted by Gasteiger charge is -2.25. The van der Waals surface area contributed by atoms with E-state index in [9.17, 15) is 4.79 Å². The minimum absolute atomic E-state index is 0.0408. The number of ether oxygens (including phenoxy) is 1. The fourth-order valence-electron chi connectivity index (χ4n) is 1.87. The molecule has 0 atom stereocenters. The van der Waals surface area contributed by atoms with Crippen molar-refractivity contribution in [1.82, 2.24) is 5.32 Å². The van der Waals surface area contributed by atoms with Crippen molar-refractivity contribution in [2.75, 3.05) is 13.2 Å². The first-order chi connectivity index (χ1) is 9.15. The summed E-state index contributed by atoms with van der Waals surface area (Å²) in [5.74, 6) is 1.22. The van der Waals surface area contributed by atoms with Gasteiger partial charge < -0.3 is 15.8 Å². The molecule has 2 rings (SSSR count). The van der Waals surface area contributed by atoms with Crippen LogP contribution in [0.1, 0.15) is 24.8 Å². The molecule has 1 amide bonds. The summed E-state index contributed by atoms with van der Waals surface area (Å²) < 4.78 is 5.39. The van der Waals surface area contributed by atoms with E-state index in [1.54, 1.807) is 24.3 Å². The van der Waals surface area contributed by atoms with Gasteiger partial charge >= 0.3 is 0 Å². The molecule has 1 saturated carbocycles. The summed E-state index contributed by atoms with van der Waals surface area (Å²) in [6, 6.07) is 7.08. The van der Waals surface area contributed by atoms with Gasteiger partial charge in [-0.2, -0.15) is 0 Å². The molecule has 1 aromatic carbocycles. The average Bonchev–Trinajstić information content (AvgIpc) is 2.35. The van der Waals surface area contributed by atoms with Crippen LogP contribution in [0.3, 0.4) is 0 Å². The third-order valence-corrected chi connectivity index (χ3v) is 3.56. The lowest BCUT2D eigenvalue weighted by Crippen LogP contribution is -2.35. The number of nitrogens with two attached hydrogens (primary N) is 1. The lowest BCUT2D eigenvalue weighted by molar-refractivity contribution is -0.123. The molecule has 1 fully saturated rings. The summed E-state index contributed by atoms with van der Waals surface area (Å²) in [5, 5.41) is 2.88. The van der Waals surface area contributed by atoms with Gasteiger partial charge in [0.05, 0.1) is 0 Å². The van der Waals surface area contributed by atoms with Gasteiger partial charge in [0, 0.05) is 12.1 Å². The summed E-state index contributed by atoms with van der Waals surface area (Å²) >= 11 is 4.86. The van der Waals surface area contributed by atoms with Crippen LogP contribution in [0.25, 0.3) is 0 Å². The molecule has 0 aromatic heterocycles. The molecule has 19 heavy (non-hydrogen) atoms. The number of hydrogen-bond donors (Lipinski definition) is 2. The Kier molecular flexibility index (Phi) is 4.74. The molecule has 5 heteroatoms. The number of benzene rings is 1. The highest BCUT2D eigenvalue weighted by Crippen LogP contribution is 2.25. The second-order valence-corrected chi connectivity index (χ2v) is 5.22. The Balaban J connectivity index is 1.71. The van der Waals surface area contributed by atoms with Crippen LogP contribution in [0, 0.1) is 5.92 Å². The molecule has 1 aliphatic rings. The SMILES string of the molecule is NC(=S)c1ccc(OCC(=O)NCC2CCC2)cc1. The molecule has 0 spiro atoms. The van der Waals surface area contributed by atoms with E-state index in [4.69, 9.17) is 22.7 Å². The van der Waals surface area contributed by atoms with Gasteiger partial charge in [-0.05, 0) is 43.0 Å². The van der Waals surface area contributed by atoms with Gasteiger partial charge in [-0.1, -0.05) is 18.6 Å². The molecule has 0 radical (unpaired) electrons. The highest BCUT2D eigenvalue weighted by molar-refractivity contribution is 7.80. The van der Waals surface area contributed by atoms with Gasteiger partial charge in [-0.3, -0.25) is 4.79 Å². The normalized spacial score (nSPS) is 14.5. The Morgan fingerprint density at radius 1 is 1.37 bits per heavy atom. The molecule has 102 valence electrons. The molecular weight excluding hydrogens is 260 g/mol. The van der Waals surface area contributed by atoms with Crippen molar-refractivity contribution >= 4 is 23.1 Å². The second kappa shape index (κ2) is 6.52. The number of rotatable bonds is 6. The maximum Gasteiger partial charge on any atom is 0.257 e. The first-order valence-corrected chi connectivity index (χ1v) is 6.85. The van der Waals surface area contributed by atoms with Crippen molar-refractivity contribution in [3.63, 3.8) is 0 Å². The van der Waals surface area contributed by atoms with E-state index in [1.807, 2.05) is 0 Å². The summed E-state index contributed by atoms with van der Waals surface area (Å²) in [6.45, 7) is 0.807. The molecule has 4 nitrogen and oxygen atoms in total. The monoisotopic (exact) mass is 278 g/mol. The van der Waals surface area contributed by atoms with Gasteiger partial charge in [-0.15, -0.1) is 0 Å². The van der Waals surface area contributed by atoms with Gasteiger partial charge in [0.15, 0.2) is 6.61 Å². The predicted molar refractivity (Wildman–Crippen MR) is 78.2 cm³/mol. The minimum Gasteiger partial charge on any atom is -0.484 e. The molecule has 0 aliphatic heterocycles. The Labute approximate surface area is 118 Å². The average molecular weight is 278 g/mol. The smallest absolute Gasteiger partial charge is 0.257 e. The summed E-state index contributed by atoms with van der Waals surface area (Å²) in [5.41, 5.74) is 6.29. The molecule has 0 heterocycles. The van der Waals surface area contributed by atoms with E-state index in [1.165, 1.54) is 19.3 Å². The molecule has 1 aliphatic carbocycles. The van der Waals surface area contributed by atoms with E-state index in [0.29, 0.717) is 16.7 Å². The third kappa shape index (κ3) is 4.21. The van der Waals surface area contributed by atoms with Crippen molar-refractivity contribution in [1.29, 1.82) is 0 Å². The van der Waals surface area contributed by atoms with Crippen molar-refractivity contribution in [3.05, 3.63) is 29.8 Å². The van der Waals surface area contributed by atoms with E-state index < -0.39 is 0 Å². The number of carbonyl (C=O) groups excluding carboxylic acids is 1. The first kappa shape index (κ1) is 13.8. The van der Waals surface area contributed by atoms with Crippen molar-refractivity contribution < 1.29 is 9.53 Å². The van der Waals surface area contributed by atoms with Crippen molar-refractivity contribution in [2.24, 2.45) is 11.7 Å². The fraction of sp³-hybridized carbons (Fsp3) is 0.429. The molecule has 0 saturated heterocycles. The van der Waals surface area contributed by atoms with Crippen LogP contribution in [0.5, 0.6) is 5.75 Å². The highest BCUT2D eigenvalue weighted by atomic mass is 32.1. The van der Waals surface area contributed by atoms with Gasteiger partial charge in [0.25, 0.3) is 5.91 Å². The van der Waals surface area contributed by atoms with Crippen LogP contribution in [0.2, 0.25) is 0 Å². The van der Waals surface area contributed by atoms with E-state index in [0.717, 1.165) is 12.1 Å². The van der Waals surface area contributed by atoms with Crippen molar-refractivity contribution in [2.45, 2.75) is 19.3 Å². The topological polar surface area (TPSA) is 64.3 Å². The molecular formula is C14H18N2O2S. The summed E-state index contributed by atoms with van der Waals surface area (Å²) in [4.78, 5) is 11.9. The number of amides is 1.